The maximum Gasteiger partial charge on any atom is 0.256 e. The number of nitrogens with one attached hydrogen (secondary N) is 1. The third-order valence-electron chi connectivity index (χ3n) is 4.21. The van der Waals surface area contributed by atoms with Gasteiger partial charge in [-0.2, -0.15) is 0 Å². The van der Waals surface area contributed by atoms with Gasteiger partial charge in [-0.05, 0) is 56.6 Å². The Morgan fingerprint density at radius 2 is 2.13 bits per heavy atom. The summed E-state index contributed by atoms with van der Waals surface area (Å²) in [4.78, 5) is 23.4. The summed E-state index contributed by atoms with van der Waals surface area (Å²) < 4.78 is 0. The van der Waals surface area contributed by atoms with E-state index in [1.807, 2.05) is 29.2 Å². The summed E-state index contributed by atoms with van der Waals surface area (Å²) in [6, 6.07) is 9.70. The molecule has 23 heavy (non-hydrogen) atoms. The summed E-state index contributed by atoms with van der Waals surface area (Å²) in [6.45, 7) is 2.51. The highest BCUT2D eigenvalue weighted by molar-refractivity contribution is 5.94. The van der Waals surface area contributed by atoms with E-state index in [4.69, 9.17) is 0 Å². The number of nitrogens with zero attached hydrogens (tertiary/aromatic N) is 3. The van der Waals surface area contributed by atoms with Crippen LogP contribution in [0.1, 0.15) is 35.3 Å². The first kappa shape index (κ1) is 15.6. The molecule has 3 heterocycles. The first-order valence-electron chi connectivity index (χ1n) is 8.16. The van der Waals surface area contributed by atoms with Gasteiger partial charge in [-0.25, -0.2) is 0 Å². The lowest BCUT2D eigenvalue weighted by Gasteiger charge is -2.31. The number of hydrogen-bond donors (Lipinski definition) is 1. The third kappa shape index (κ3) is 4.13. The Balaban J connectivity index is 1.84. The molecule has 1 amide bonds. The van der Waals surface area contributed by atoms with Crippen LogP contribution in [0.15, 0.2) is 48.9 Å². The van der Waals surface area contributed by atoms with E-state index in [2.05, 4.69) is 15.3 Å². The number of carbonyl (C=O) groups is 1. The quantitative estimate of drug-likeness (QED) is 0.941. The van der Waals surface area contributed by atoms with Gasteiger partial charge in [0.05, 0.1) is 17.8 Å². The minimum Gasteiger partial charge on any atom is -0.330 e. The van der Waals surface area contributed by atoms with E-state index in [0.717, 1.165) is 38.0 Å². The Morgan fingerprint density at radius 3 is 2.91 bits per heavy atom. The second kappa shape index (κ2) is 7.83. The predicted octanol–water partition coefficient (Wildman–Crippen LogP) is 2.26. The summed E-state index contributed by atoms with van der Waals surface area (Å²) in [5, 5.41) is 3.41. The molecule has 0 aromatic carbocycles. The van der Waals surface area contributed by atoms with E-state index >= 15 is 0 Å². The molecule has 2 aromatic rings. The number of pyridine rings is 2. The molecule has 0 spiro atoms. The van der Waals surface area contributed by atoms with Gasteiger partial charge in [0.1, 0.15) is 0 Å². The Bertz CT molecular complexity index is 609. The van der Waals surface area contributed by atoms with Crippen LogP contribution in [0.2, 0.25) is 0 Å². The molecule has 1 atom stereocenters. The highest BCUT2D eigenvalue weighted by atomic mass is 16.2. The fourth-order valence-electron chi connectivity index (χ4n) is 3.00. The van der Waals surface area contributed by atoms with Gasteiger partial charge < -0.3 is 10.2 Å². The largest absolute Gasteiger partial charge is 0.330 e. The smallest absolute Gasteiger partial charge is 0.256 e. The van der Waals surface area contributed by atoms with Gasteiger partial charge in [0.15, 0.2) is 0 Å². The molecule has 120 valence electrons. The maximum absolute atomic E-state index is 13.0. The van der Waals surface area contributed by atoms with Gasteiger partial charge in [0, 0.05) is 24.6 Å². The Labute approximate surface area is 136 Å². The van der Waals surface area contributed by atoms with Gasteiger partial charge in [-0.1, -0.05) is 6.07 Å². The van der Waals surface area contributed by atoms with E-state index in [1.165, 1.54) is 0 Å². The van der Waals surface area contributed by atoms with Crippen LogP contribution in [0.25, 0.3) is 0 Å². The minimum absolute atomic E-state index is 0.0376. The number of hydrogen-bond acceptors (Lipinski definition) is 4. The van der Waals surface area contributed by atoms with Crippen molar-refractivity contribution in [2.75, 3.05) is 13.1 Å². The number of carbonyl (C=O) groups excluding carboxylic acids is 1. The molecule has 0 bridgehead atoms. The molecule has 2 aromatic heterocycles. The minimum atomic E-state index is 0.0376. The lowest BCUT2D eigenvalue weighted by molar-refractivity contribution is 0.0642. The second-order valence-corrected chi connectivity index (χ2v) is 5.83. The number of rotatable bonds is 4. The number of amides is 1. The Kier molecular flexibility index (Phi) is 5.32. The first-order valence-corrected chi connectivity index (χ1v) is 8.16. The fourth-order valence-corrected chi connectivity index (χ4v) is 3.00. The topological polar surface area (TPSA) is 58.1 Å². The molecule has 1 saturated heterocycles. The molecule has 1 fully saturated rings. The second-order valence-electron chi connectivity index (χ2n) is 5.83. The Morgan fingerprint density at radius 1 is 1.17 bits per heavy atom. The van der Waals surface area contributed by atoms with Crippen LogP contribution in [0.4, 0.5) is 0 Å². The highest BCUT2D eigenvalue weighted by Gasteiger charge is 2.26. The molecule has 1 aliphatic heterocycles. The summed E-state index contributed by atoms with van der Waals surface area (Å²) in [6.07, 6.45) is 8.18. The molecule has 0 radical (unpaired) electrons. The molecule has 3 rings (SSSR count). The lowest BCUT2D eigenvalue weighted by atomic mass is 10.1. The van der Waals surface area contributed by atoms with Crippen molar-refractivity contribution in [3.8, 4) is 0 Å². The van der Waals surface area contributed by atoms with Crippen molar-refractivity contribution >= 4 is 5.91 Å². The lowest BCUT2D eigenvalue weighted by Crippen LogP contribution is -2.40. The molecule has 0 aliphatic carbocycles. The van der Waals surface area contributed by atoms with Gasteiger partial charge in [0.25, 0.3) is 5.91 Å². The molecule has 1 aliphatic rings. The monoisotopic (exact) mass is 310 g/mol. The molecule has 0 saturated carbocycles. The van der Waals surface area contributed by atoms with Gasteiger partial charge in [0.2, 0.25) is 0 Å². The van der Waals surface area contributed by atoms with Gasteiger partial charge in [-0.3, -0.25) is 14.8 Å². The fraction of sp³-hybridized carbons (Fsp3) is 0.389. The normalized spacial score (nSPS) is 18.2. The van der Waals surface area contributed by atoms with Crippen molar-refractivity contribution in [1.29, 1.82) is 0 Å². The SMILES string of the molecule is O=C(c1cccnc1)N(Cc1ccccn1)C1CCCNCC1. The molecule has 5 heteroatoms. The standard InChI is InChI=1S/C18H22N4O/c23-18(15-5-3-10-20-13-15)22(14-16-6-1-2-11-21-16)17-7-4-9-19-12-8-17/h1-3,5-6,10-11,13,17,19H,4,7-9,12,14H2. The summed E-state index contributed by atoms with van der Waals surface area (Å²) in [5.41, 5.74) is 1.56. The van der Waals surface area contributed by atoms with E-state index in [0.29, 0.717) is 12.1 Å². The molecule has 1 N–H and O–H groups in total. The van der Waals surface area contributed by atoms with Crippen LogP contribution in [0, 0.1) is 0 Å². The van der Waals surface area contributed by atoms with Crippen LogP contribution >= 0.6 is 0 Å². The predicted molar refractivity (Wildman–Crippen MR) is 88.9 cm³/mol. The van der Waals surface area contributed by atoms with Crippen molar-refractivity contribution < 1.29 is 4.79 Å². The van der Waals surface area contributed by atoms with Gasteiger partial charge >= 0.3 is 0 Å². The maximum atomic E-state index is 13.0. The van der Waals surface area contributed by atoms with Crippen molar-refractivity contribution in [1.82, 2.24) is 20.2 Å². The van der Waals surface area contributed by atoms with Crippen molar-refractivity contribution in [3.63, 3.8) is 0 Å². The zero-order valence-electron chi connectivity index (χ0n) is 13.2. The van der Waals surface area contributed by atoms with Crippen LogP contribution < -0.4 is 5.32 Å². The highest BCUT2D eigenvalue weighted by Crippen LogP contribution is 2.19. The molecular formula is C18H22N4O. The van der Waals surface area contributed by atoms with Crippen LogP contribution in [-0.2, 0) is 6.54 Å². The third-order valence-corrected chi connectivity index (χ3v) is 4.21. The molecular weight excluding hydrogens is 288 g/mol. The van der Waals surface area contributed by atoms with E-state index in [9.17, 15) is 4.79 Å². The van der Waals surface area contributed by atoms with Crippen molar-refractivity contribution in [2.24, 2.45) is 0 Å². The molecule has 1 unspecified atom stereocenters. The van der Waals surface area contributed by atoms with E-state index < -0.39 is 0 Å². The van der Waals surface area contributed by atoms with Crippen LogP contribution in [-0.4, -0.2) is 39.9 Å². The summed E-state index contributed by atoms with van der Waals surface area (Å²) >= 11 is 0. The summed E-state index contributed by atoms with van der Waals surface area (Å²) in [7, 11) is 0. The van der Waals surface area contributed by atoms with Crippen molar-refractivity contribution in [3.05, 3.63) is 60.2 Å². The van der Waals surface area contributed by atoms with Crippen LogP contribution in [0.3, 0.4) is 0 Å². The zero-order chi connectivity index (χ0) is 15.9. The Hall–Kier alpha value is -2.27. The average Bonchev–Trinajstić information content (AvgIpc) is 2.90. The molecule has 5 nitrogen and oxygen atoms in total. The van der Waals surface area contributed by atoms with Crippen molar-refractivity contribution in [2.45, 2.75) is 31.8 Å². The number of aromatic nitrogens is 2. The van der Waals surface area contributed by atoms with Crippen LogP contribution in [0.5, 0.6) is 0 Å². The van der Waals surface area contributed by atoms with E-state index in [1.54, 1.807) is 24.7 Å². The van der Waals surface area contributed by atoms with Gasteiger partial charge in [-0.15, -0.1) is 0 Å². The summed E-state index contributed by atoms with van der Waals surface area (Å²) in [5.74, 6) is 0.0376. The average molecular weight is 310 g/mol. The van der Waals surface area contributed by atoms with E-state index in [-0.39, 0.29) is 11.9 Å². The first-order chi connectivity index (χ1) is 11.3. The zero-order valence-corrected chi connectivity index (χ0v) is 13.2.